The molecule has 1 saturated carbocycles. The molecule has 0 bridgehead atoms. The lowest BCUT2D eigenvalue weighted by atomic mass is 9.93. The Hall–Kier alpha value is -1.06. The number of nitrogens with zero attached hydrogens (tertiary/aromatic N) is 1. The number of ether oxygens (including phenoxy) is 1. The molecule has 1 atom stereocenters. The number of hydrogen-bond donors (Lipinski definition) is 1. The standard InChI is InChI=1S/C17H28N2O/c1-13-9-10-17(20-3)15(11-13)16(18)12-19(2)14-7-5-4-6-8-14/h9-11,14,16H,4-8,12,18H2,1-3H3. The van der Waals surface area contributed by atoms with E-state index in [2.05, 4.69) is 31.0 Å². The molecule has 0 saturated heterocycles. The summed E-state index contributed by atoms with van der Waals surface area (Å²) in [6.07, 6.45) is 6.74. The third-order valence-corrected chi connectivity index (χ3v) is 4.47. The van der Waals surface area contributed by atoms with Crippen molar-refractivity contribution in [3.05, 3.63) is 29.3 Å². The maximum atomic E-state index is 6.43. The van der Waals surface area contributed by atoms with Crippen LogP contribution in [0.3, 0.4) is 0 Å². The molecule has 0 aliphatic heterocycles. The molecule has 0 radical (unpaired) electrons. The Morgan fingerprint density at radius 2 is 2.00 bits per heavy atom. The number of nitrogens with two attached hydrogens (primary N) is 1. The van der Waals surface area contributed by atoms with E-state index in [-0.39, 0.29) is 6.04 Å². The minimum Gasteiger partial charge on any atom is -0.496 e. The monoisotopic (exact) mass is 276 g/mol. The quantitative estimate of drug-likeness (QED) is 0.897. The van der Waals surface area contributed by atoms with Crippen LogP contribution in [0.5, 0.6) is 5.75 Å². The molecule has 2 N–H and O–H groups in total. The third kappa shape index (κ3) is 3.74. The highest BCUT2D eigenvalue weighted by Crippen LogP contribution is 2.27. The summed E-state index contributed by atoms with van der Waals surface area (Å²) in [5, 5.41) is 0. The van der Waals surface area contributed by atoms with Crippen LogP contribution >= 0.6 is 0 Å². The van der Waals surface area contributed by atoms with Crippen molar-refractivity contribution in [3.8, 4) is 5.75 Å². The van der Waals surface area contributed by atoms with Gasteiger partial charge >= 0.3 is 0 Å². The summed E-state index contributed by atoms with van der Waals surface area (Å²) in [7, 11) is 3.92. The van der Waals surface area contributed by atoms with E-state index in [4.69, 9.17) is 10.5 Å². The second-order valence-corrected chi connectivity index (χ2v) is 6.08. The smallest absolute Gasteiger partial charge is 0.123 e. The molecule has 1 aromatic rings. The largest absolute Gasteiger partial charge is 0.496 e. The second kappa shape index (κ2) is 7.09. The van der Waals surface area contributed by atoms with Crippen LogP contribution in [0.1, 0.15) is 49.3 Å². The normalized spacial score (nSPS) is 18.2. The van der Waals surface area contributed by atoms with Crippen LogP contribution in [-0.4, -0.2) is 31.6 Å². The molecule has 0 aromatic heterocycles. The average molecular weight is 276 g/mol. The predicted octanol–water partition coefficient (Wildman–Crippen LogP) is 3.27. The molecule has 3 heteroatoms. The average Bonchev–Trinajstić information content (AvgIpc) is 2.48. The predicted molar refractivity (Wildman–Crippen MR) is 84.2 cm³/mol. The molecule has 20 heavy (non-hydrogen) atoms. The van der Waals surface area contributed by atoms with Gasteiger partial charge in [0.05, 0.1) is 7.11 Å². The summed E-state index contributed by atoms with van der Waals surface area (Å²) in [6.45, 7) is 2.99. The van der Waals surface area contributed by atoms with E-state index in [0.717, 1.165) is 17.9 Å². The molecule has 3 nitrogen and oxygen atoms in total. The van der Waals surface area contributed by atoms with Crippen molar-refractivity contribution in [1.82, 2.24) is 4.90 Å². The molecule has 1 unspecified atom stereocenters. The molecule has 1 aliphatic rings. The highest BCUT2D eigenvalue weighted by Gasteiger charge is 2.21. The van der Waals surface area contributed by atoms with Crippen molar-refractivity contribution < 1.29 is 4.74 Å². The molecule has 112 valence electrons. The zero-order valence-corrected chi connectivity index (χ0v) is 13.1. The molecule has 0 heterocycles. The fourth-order valence-electron chi connectivity index (χ4n) is 3.22. The van der Waals surface area contributed by atoms with Crippen molar-refractivity contribution >= 4 is 0 Å². The highest BCUT2D eigenvalue weighted by molar-refractivity contribution is 5.39. The van der Waals surface area contributed by atoms with Crippen LogP contribution in [0.15, 0.2) is 18.2 Å². The number of rotatable bonds is 5. The minimum atomic E-state index is 0.0109. The Morgan fingerprint density at radius 3 is 2.65 bits per heavy atom. The Morgan fingerprint density at radius 1 is 1.30 bits per heavy atom. The summed E-state index contributed by atoms with van der Waals surface area (Å²) in [5.41, 5.74) is 8.78. The summed E-state index contributed by atoms with van der Waals surface area (Å²) in [5.74, 6) is 0.903. The van der Waals surface area contributed by atoms with Crippen molar-refractivity contribution in [2.24, 2.45) is 5.73 Å². The Bertz CT molecular complexity index is 427. The summed E-state index contributed by atoms with van der Waals surface area (Å²) in [6, 6.07) is 6.95. The highest BCUT2D eigenvalue weighted by atomic mass is 16.5. The first-order chi connectivity index (χ1) is 9.61. The van der Waals surface area contributed by atoms with Gasteiger partial charge in [-0.25, -0.2) is 0 Å². The number of methoxy groups -OCH3 is 1. The summed E-state index contributed by atoms with van der Waals surface area (Å²) in [4.78, 5) is 2.44. The molecule has 0 spiro atoms. The molecule has 0 amide bonds. The summed E-state index contributed by atoms with van der Waals surface area (Å²) >= 11 is 0. The topological polar surface area (TPSA) is 38.5 Å². The number of benzene rings is 1. The molecule has 1 aromatic carbocycles. The fraction of sp³-hybridized carbons (Fsp3) is 0.647. The van der Waals surface area contributed by atoms with Crippen molar-refractivity contribution in [2.75, 3.05) is 20.7 Å². The number of hydrogen-bond acceptors (Lipinski definition) is 3. The van der Waals surface area contributed by atoms with Gasteiger partial charge in [-0.15, -0.1) is 0 Å². The van der Waals surface area contributed by atoms with Gasteiger partial charge in [0.15, 0.2) is 0 Å². The van der Waals surface area contributed by atoms with Gasteiger partial charge in [-0.2, -0.15) is 0 Å². The van der Waals surface area contributed by atoms with Crippen molar-refractivity contribution in [1.29, 1.82) is 0 Å². The first kappa shape index (κ1) is 15.3. The van der Waals surface area contributed by atoms with E-state index >= 15 is 0 Å². The number of likely N-dealkylation sites (N-methyl/N-ethyl adjacent to an activating group) is 1. The third-order valence-electron chi connectivity index (χ3n) is 4.47. The molecule has 1 fully saturated rings. The van der Waals surface area contributed by atoms with E-state index in [9.17, 15) is 0 Å². The van der Waals surface area contributed by atoms with Crippen LogP contribution in [-0.2, 0) is 0 Å². The van der Waals surface area contributed by atoms with Crippen LogP contribution in [0.25, 0.3) is 0 Å². The van der Waals surface area contributed by atoms with Gasteiger partial charge in [0.25, 0.3) is 0 Å². The van der Waals surface area contributed by atoms with Crippen LogP contribution in [0, 0.1) is 6.92 Å². The maximum Gasteiger partial charge on any atom is 0.123 e. The molecule has 2 rings (SSSR count). The maximum absolute atomic E-state index is 6.43. The lowest BCUT2D eigenvalue weighted by Gasteiger charge is -2.33. The minimum absolute atomic E-state index is 0.0109. The number of aryl methyl sites for hydroxylation is 1. The second-order valence-electron chi connectivity index (χ2n) is 6.08. The Kier molecular flexibility index (Phi) is 5.44. The van der Waals surface area contributed by atoms with Gasteiger partial charge in [-0.1, -0.05) is 37.0 Å². The van der Waals surface area contributed by atoms with Gasteiger partial charge in [0, 0.05) is 24.2 Å². The first-order valence-corrected chi connectivity index (χ1v) is 7.72. The van der Waals surface area contributed by atoms with Crippen molar-refractivity contribution in [3.63, 3.8) is 0 Å². The lowest BCUT2D eigenvalue weighted by Crippen LogP contribution is -2.38. The van der Waals surface area contributed by atoms with Crippen LogP contribution in [0.4, 0.5) is 0 Å². The van der Waals surface area contributed by atoms with Gasteiger partial charge in [-0.3, -0.25) is 0 Å². The van der Waals surface area contributed by atoms with E-state index < -0.39 is 0 Å². The zero-order chi connectivity index (χ0) is 14.5. The summed E-state index contributed by atoms with van der Waals surface area (Å²) < 4.78 is 5.45. The molecular weight excluding hydrogens is 248 g/mol. The molecule has 1 aliphatic carbocycles. The van der Waals surface area contributed by atoms with E-state index in [1.165, 1.54) is 37.7 Å². The first-order valence-electron chi connectivity index (χ1n) is 7.72. The Labute approximate surface area is 123 Å². The van der Waals surface area contributed by atoms with Gasteiger partial charge < -0.3 is 15.4 Å². The van der Waals surface area contributed by atoms with E-state index in [1.807, 2.05) is 6.07 Å². The van der Waals surface area contributed by atoms with Gasteiger partial charge in [-0.05, 0) is 32.9 Å². The van der Waals surface area contributed by atoms with Gasteiger partial charge in [0.2, 0.25) is 0 Å². The zero-order valence-electron chi connectivity index (χ0n) is 13.1. The van der Waals surface area contributed by atoms with E-state index in [1.54, 1.807) is 7.11 Å². The lowest BCUT2D eigenvalue weighted by molar-refractivity contribution is 0.181. The van der Waals surface area contributed by atoms with Gasteiger partial charge in [0.1, 0.15) is 5.75 Å². The Balaban J connectivity index is 2.03. The van der Waals surface area contributed by atoms with E-state index in [0.29, 0.717) is 6.04 Å². The molecular formula is C17H28N2O. The SMILES string of the molecule is COc1ccc(C)cc1C(N)CN(C)C1CCCCC1. The van der Waals surface area contributed by atoms with Crippen LogP contribution < -0.4 is 10.5 Å². The van der Waals surface area contributed by atoms with Crippen molar-refractivity contribution in [2.45, 2.75) is 51.1 Å². The fourth-order valence-corrected chi connectivity index (χ4v) is 3.22. The van der Waals surface area contributed by atoms with Crippen LogP contribution in [0.2, 0.25) is 0 Å².